The average molecular weight is 288 g/mol. The Bertz CT molecular complexity index is 748. The minimum Gasteiger partial charge on any atom is -0.383 e. The van der Waals surface area contributed by atoms with Crippen molar-refractivity contribution in [1.29, 1.82) is 0 Å². The molecule has 0 aliphatic heterocycles. The maximum Gasteiger partial charge on any atom is 0.175 e. The third-order valence-electron chi connectivity index (χ3n) is 2.83. The molecule has 5 heteroatoms. The first-order valence-electron chi connectivity index (χ1n) is 6.07. The molecular weight excluding hydrogens is 272 g/mol. The second-order valence-electron chi connectivity index (χ2n) is 4.63. The van der Waals surface area contributed by atoms with E-state index >= 15 is 0 Å². The summed E-state index contributed by atoms with van der Waals surface area (Å²) in [5, 5.41) is 0. The molecule has 0 amide bonds. The molecular formula is C15H16N2O2S. The molecule has 0 fully saturated rings. The minimum atomic E-state index is -3.19. The molecule has 0 saturated heterocycles. The van der Waals surface area contributed by atoms with Crippen LogP contribution in [0.2, 0.25) is 0 Å². The molecule has 0 unspecified atom stereocenters. The highest BCUT2D eigenvalue weighted by molar-refractivity contribution is 7.90. The van der Waals surface area contributed by atoms with Crippen LogP contribution in [0.3, 0.4) is 0 Å². The van der Waals surface area contributed by atoms with Gasteiger partial charge >= 0.3 is 0 Å². The lowest BCUT2D eigenvalue weighted by atomic mass is 10.1. The van der Waals surface area contributed by atoms with Gasteiger partial charge in [0.25, 0.3) is 0 Å². The number of nitrogens with zero attached hydrogens (tertiary/aromatic N) is 1. The first-order valence-corrected chi connectivity index (χ1v) is 7.97. The Hall–Kier alpha value is -2.14. The van der Waals surface area contributed by atoms with Gasteiger partial charge in [-0.1, -0.05) is 23.8 Å². The number of hydrogen-bond donors (Lipinski definition) is 1. The molecule has 2 aromatic carbocycles. The van der Waals surface area contributed by atoms with Crippen molar-refractivity contribution in [2.75, 3.05) is 6.26 Å². The quantitative estimate of drug-likeness (QED) is 0.696. The summed E-state index contributed by atoms with van der Waals surface area (Å²) in [4.78, 5) is 4.56. The van der Waals surface area contributed by atoms with Gasteiger partial charge < -0.3 is 5.73 Å². The largest absolute Gasteiger partial charge is 0.383 e. The predicted molar refractivity (Wildman–Crippen MR) is 81.1 cm³/mol. The average Bonchev–Trinajstić information content (AvgIpc) is 2.38. The van der Waals surface area contributed by atoms with Crippen LogP contribution in [0.4, 0.5) is 5.69 Å². The monoisotopic (exact) mass is 288 g/mol. The van der Waals surface area contributed by atoms with E-state index in [1.165, 1.54) is 18.4 Å². The third kappa shape index (κ3) is 3.45. The Morgan fingerprint density at radius 3 is 2.30 bits per heavy atom. The Labute approximate surface area is 118 Å². The van der Waals surface area contributed by atoms with Crippen molar-refractivity contribution >= 4 is 21.4 Å². The van der Waals surface area contributed by atoms with Gasteiger partial charge in [-0.05, 0) is 37.3 Å². The molecule has 0 radical (unpaired) electrons. The number of nitrogens with two attached hydrogens (primary N) is 1. The van der Waals surface area contributed by atoms with E-state index in [0.29, 0.717) is 11.5 Å². The van der Waals surface area contributed by atoms with E-state index in [1.54, 1.807) is 12.1 Å². The second-order valence-corrected chi connectivity index (χ2v) is 6.65. The first-order chi connectivity index (χ1) is 9.36. The van der Waals surface area contributed by atoms with Crippen LogP contribution in [0.15, 0.2) is 58.4 Å². The van der Waals surface area contributed by atoms with Gasteiger partial charge in [0, 0.05) is 11.8 Å². The van der Waals surface area contributed by atoms with Crippen molar-refractivity contribution in [2.45, 2.75) is 11.8 Å². The molecule has 4 nitrogen and oxygen atoms in total. The van der Waals surface area contributed by atoms with E-state index in [4.69, 9.17) is 5.73 Å². The number of rotatable bonds is 3. The molecule has 0 aliphatic carbocycles. The molecule has 20 heavy (non-hydrogen) atoms. The van der Waals surface area contributed by atoms with Crippen molar-refractivity contribution in [3.05, 3.63) is 59.7 Å². The van der Waals surface area contributed by atoms with Gasteiger partial charge in [0.2, 0.25) is 0 Å². The van der Waals surface area contributed by atoms with Crippen LogP contribution < -0.4 is 5.73 Å². The molecule has 0 aromatic heterocycles. The number of amidine groups is 1. The molecule has 104 valence electrons. The number of aliphatic imine (C=N–C) groups is 1. The maximum absolute atomic E-state index is 11.4. The van der Waals surface area contributed by atoms with Gasteiger partial charge in [0.15, 0.2) is 9.84 Å². The summed E-state index contributed by atoms with van der Waals surface area (Å²) in [5.74, 6) is 0.404. The first kappa shape index (κ1) is 14.3. The van der Waals surface area contributed by atoms with Gasteiger partial charge in [0.05, 0.1) is 10.6 Å². The standard InChI is InChI=1S/C15H16N2O2S/c1-11-4-3-5-12(10-11)15(16)17-13-6-8-14(9-7-13)20(2,18)19/h3-10H,1-2H3,(H2,16,17). The Balaban J connectivity index is 2.31. The van der Waals surface area contributed by atoms with E-state index in [-0.39, 0.29) is 4.90 Å². The molecule has 0 spiro atoms. The van der Waals surface area contributed by atoms with E-state index in [0.717, 1.165) is 11.1 Å². The van der Waals surface area contributed by atoms with Gasteiger partial charge in [0.1, 0.15) is 5.84 Å². The smallest absolute Gasteiger partial charge is 0.175 e. The van der Waals surface area contributed by atoms with Crippen molar-refractivity contribution < 1.29 is 8.42 Å². The Morgan fingerprint density at radius 1 is 1.10 bits per heavy atom. The zero-order valence-corrected chi connectivity index (χ0v) is 12.2. The van der Waals surface area contributed by atoms with Crippen LogP contribution in [0, 0.1) is 6.92 Å². The number of hydrogen-bond acceptors (Lipinski definition) is 3. The highest BCUT2D eigenvalue weighted by Crippen LogP contribution is 2.17. The molecule has 2 aromatic rings. The maximum atomic E-state index is 11.4. The summed E-state index contributed by atoms with van der Waals surface area (Å²) >= 11 is 0. The van der Waals surface area contributed by atoms with Crippen molar-refractivity contribution in [2.24, 2.45) is 10.7 Å². The molecule has 0 bridgehead atoms. The van der Waals surface area contributed by atoms with E-state index in [9.17, 15) is 8.42 Å². The van der Waals surface area contributed by atoms with Crippen LogP contribution in [0.25, 0.3) is 0 Å². The van der Waals surface area contributed by atoms with Crippen LogP contribution in [0.1, 0.15) is 11.1 Å². The van der Waals surface area contributed by atoms with E-state index < -0.39 is 9.84 Å². The Morgan fingerprint density at radius 2 is 1.75 bits per heavy atom. The summed E-state index contributed by atoms with van der Waals surface area (Å²) in [6.45, 7) is 1.98. The van der Waals surface area contributed by atoms with Gasteiger partial charge in [-0.15, -0.1) is 0 Å². The zero-order chi connectivity index (χ0) is 14.8. The van der Waals surface area contributed by atoms with E-state index in [2.05, 4.69) is 4.99 Å². The van der Waals surface area contributed by atoms with Gasteiger partial charge in [-0.3, -0.25) is 0 Å². The molecule has 0 saturated carbocycles. The molecule has 0 heterocycles. The number of sulfone groups is 1. The fraction of sp³-hybridized carbons (Fsp3) is 0.133. The SMILES string of the molecule is Cc1cccc(C(N)=Nc2ccc(S(C)(=O)=O)cc2)c1. The number of aryl methyl sites for hydroxylation is 1. The summed E-state index contributed by atoms with van der Waals surface area (Å²) in [7, 11) is -3.19. The zero-order valence-electron chi connectivity index (χ0n) is 11.4. The van der Waals surface area contributed by atoms with Crippen molar-refractivity contribution in [3.63, 3.8) is 0 Å². The highest BCUT2D eigenvalue weighted by Gasteiger charge is 2.06. The van der Waals surface area contributed by atoms with E-state index in [1.807, 2.05) is 31.2 Å². The lowest BCUT2D eigenvalue weighted by molar-refractivity contribution is 0.602. The summed E-state index contributed by atoms with van der Waals surface area (Å²) in [6, 6.07) is 14.1. The summed E-state index contributed by atoms with van der Waals surface area (Å²) < 4.78 is 22.7. The van der Waals surface area contributed by atoms with Crippen LogP contribution in [-0.2, 0) is 9.84 Å². The fourth-order valence-electron chi connectivity index (χ4n) is 1.78. The molecule has 2 rings (SSSR count). The van der Waals surface area contributed by atoms with Gasteiger partial charge in [-0.2, -0.15) is 0 Å². The van der Waals surface area contributed by atoms with Crippen LogP contribution in [0.5, 0.6) is 0 Å². The Kier molecular flexibility index (Phi) is 3.90. The third-order valence-corrected chi connectivity index (χ3v) is 3.96. The number of benzene rings is 2. The normalized spacial score (nSPS) is 12.4. The second kappa shape index (κ2) is 5.46. The fourth-order valence-corrected chi connectivity index (χ4v) is 2.41. The van der Waals surface area contributed by atoms with Gasteiger partial charge in [-0.25, -0.2) is 13.4 Å². The highest BCUT2D eigenvalue weighted by atomic mass is 32.2. The van der Waals surface area contributed by atoms with Crippen LogP contribution >= 0.6 is 0 Å². The predicted octanol–water partition coefficient (Wildman–Crippen LogP) is 2.44. The molecule has 0 aliphatic rings. The van der Waals surface area contributed by atoms with Crippen molar-refractivity contribution in [3.8, 4) is 0 Å². The van der Waals surface area contributed by atoms with Crippen molar-refractivity contribution in [1.82, 2.24) is 0 Å². The molecule has 2 N–H and O–H groups in total. The lowest BCUT2D eigenvalue weighted by Gasteiger charge is -2.03. The van der Waals surface area contributed by atoms with Crippen LogP contribution in [-0.4, -0.2) is 20.5 Å². The lowest BCUT2D eigenvalue weighted by Crippen LogP contribution is -2.12. The summed E-state index contributed by atoms with van der Waals surface area (Å²) in [5.41, 5.74) is 8.52. The minimum absolute atomic E-state index is 0.269. The molecule has 0 atom stereocenters. The topological polar surface area (TPSA) is 72.5 Å². The summed E-state index contributed by atoms with van der Waals surface area (Å²) in [6.07, 6.45) is 1.17.